The Hall–Kier alpha value is -2.25. The third kappa shape index (κ3) is 3.45. The molecule has 112 valence electrons. The maximum absolute atomic E-state index is 12.0. The lowest BCUT2D eigenvalue weighted by molar-refractivity contribution is 0.412. The van der Waals surface area contributed by atoms with Crippen LogP contribution in [0.5, 0.6) is 17.2 Å². The molecular formula is C14H16N2O4S. The van der Waals surface area contributed by atoms with Gasteiger partial charge in [0, 0.05) is 5.69 Å². The molecule has 0 heterocycles. The van der Waals surface area contributed by atoms with Crippen LogP contribution < -0.4 is 19.9 Å². The highest BCUT2D eigenvalue weighted by molar-refractivity contribution is 7.89. The topological polar surface area (TPSA) is 90.7 Å². The highest BCUT2D eigenvalue weighted by Crippen LogP contribution is 2.31. The molecule has 0 unspecified atom stereocenters. The maximum Gasteiger partial charge on any atom is 0.244 e. The van der Waals surface area contributed by atoms with Gasteiger partial charge in [0.2, 0.25) is 10.0 Å². The zero-order valence-electron chi connectivity index (χ0n) is 11.7. The van der Waals surface area contributed by atoms with Crippen molar-refractivity contribution in [2.75, 3.05) is 19.9 Å². The van der Waals surface area contributed by atoms with Gasteiger partial charge in [-0.3, -0.25) is 0 Å². The van der Waals surface area contributed by atoms with Gasteiger partial charge in [-0.1, -0.05) is 0 Å². The van der Waals surface area contributed by atoms with Crippen LogP contribution in [0, 0.1) is 0 Å². The second-order valence-electron chi connectivity index (χ2n) is 4.19. The van der Waals surface area contributed by atoms with Gasteiger partial charge in [0.05, 0.1) is 7.11 Å². The first-order valence-corrected chi connectivity index (χ1v) is 7.59. The lowest BCUT2D eigenvalue weighted by Crippen LogP contribution is -2.19. The van der Waals surface area contributed by atoms with Crippen LogP contribution in [-0.4, -0.2) is 22.6 Å². The lowest BCUT2D eigenvalue weighted by atomic mass is 10.3. The van der Waals surface area contributed by atoms with Crippen LogP contribution in [-0.2, 0) is 10.0 Å². The quantitative estimate of drug-likeness (QED) is 0.824. The zero-order chi connectivity index (χ0) is 15.5. The molecule has 0 aliphatic heterocycles. The van der Waals surface area contributed by atoms with Crippen LogP contribution in [0.1, 0.15) is 0 Å². The fourth-order valence-corrected chi connectivity index (χ4v) is 2.59. The minimum Gasteiger partial charge on any atom is -0.497 e. The summed E-state index contributed by atoms with van der Waals surface area (Å²) >= 11 is 0. The molecule has 3 N–H and O–H groups in total. The molecular weight excluding hydrogens is 292 g/mol. The number of methoxy groups -OCH3 is 1. The summed E-state index contributed by atoms with van der Waals surface area (Å²) in [6.07, 6.45) is 0. The van der Waals surface area contributed by atoms with E-state index in [1.165, 1.54) is 19.2 Å². The second-order valence-corrected chi connectivity index (χ2v) is 6.05. The SMILES string of the molecule is CNS(=O)(=O)c1cc(N)ccc1Oc1ccc(OC)cc1. The number of nitrogens with two attached hydrogens (primary N) is 1. The molecule has 0 atom stereocenters. The minimum atomic E-state index is -3.66. The van der Waals surface area contributed by atoms with Crippen molar-refractivity contribution in [1.82, 2.24) is 4.72 Å². The first kappa shape index (κ1) is 15.1. The summed E-state index contributed by atoms with van der Waals surface area (Å²) in [6.45, 7) is 0. The van der Waals surface area contributed by atoms with Crippen molar-refractivity contribution in [3.63, 3.8) is 0 Å². The van der Waals surface area contributed by atoms with Crippen molar-refractivity contribution in [2.24, 2.45) is 0 Å². The lowest BCUT2D eigenvalue weighted by Gasteiger charge is -2.12. The summed E-state index contributed by atoms with van der Waals surface area (Å²) < 4.78 is 36.9. The molecule has 2 rings (SSSR count). The van der Waals surface area contributed by atoms with Gasteiger partial charge in [-0.25, -0.2) is 13.1 Å². The van der Waals surface area contributed by atoms with E-state index in [1.807, 2.05) is 0 Å². The molecule has 0 spiro atoms. The number of hydrogen-bond acceptors (Lipinski definition) is 5. The molecule has 0 amide bonds. The number of benzene rings is 2. The first-order chi connectivity index (χ1) is 9.96. The number of nitrogens with one attached hydrogen (secondary N) is 1. The van der Waals surface area contributed by atoms with Crippen LogP contribution in [0.15, 0.2) is 47.4 Å². The Labute approximate surface area is 123 Å². The summed E-state index contributed by atoms with van der Waals surface area (Å²) in [5, 5.41) is 0. The van der Waals surface area contributed by atoms with Gasteiger partial charge in [0.15, 0.2) is 0 Å². The molecule has 0 saturated heterocycles. The number of anilines is 1. The maximum atomic E-state index is 12.0. The van der Waals surface area contributed by atoms with Crippen molar-refractivity contribution in [2.45, 2.75) is 4.90 Å². The Kier molecular flexibility index (Phi) is 4.35. The molecule has 0 aliphatic carbocycles. The first-order valence-electron chi connectivity index (χ1n) is 6.11. The second kappa shape index (κ2) is 6.02. The predicted octanol–water partition coefficient (Wildman–Crippen LogP) is 1.98. The summed E-state index contributed by atoms with van der Waals surface area (Å²) in [5.41, 5.74) is 5.98. The number of nitrogen functional groups attached to an aromatic ring is 1. The van der Waals surface area contributed by atoms with Crippen molar-refractivity contribution in [1.29, 1.82) is 0 Å². The van der Waals surface area contributed by atoms with Gasteiger partial charge >= 0.3 is 0 Å². The van der Waals surface area contributed by atoms with Crippen molar-refractivity contribution in [3.05, 3.63) is 42.5 Å². The van der Waals surface area contributed by atoms with Crippen LogP contribution in [0.4, 0.5) is 5.69 Å². The highest BCUT2D eigenvalue weighted by Gasteiger charge is 2.18. The molecule has 0 saturated carbocycles. The monoisotopic (exact) mass is 308 g/mol. The third-order valence-corrected chi connectivity index (χ3v) is 4.25. The summed E-state index contributed by atoms with van der Waals surface area (Å²) in [5.74, 6) is 1.37. The van der Waals surface area contributed by atoms with E-state index < -0.39 is 10.0 Å². The van der Waals surface area contributed by atoms with Crippen molar-refractivity contribution in [3.8, 4) is 17.2 Å². The average Bonchev–Trinajstić information content (AvgIpc) is 2.49. The fraction of sp³-hybridized carbons (Fsp3) is 0.143. The van der Waals surface area contributed by atoms with Crippen molar-refractivity contribution >= 4 is 15.7 Å². The molecule has 2 aromatic rings. The molecule has 7 heteroatoms. The molecule has 6 nitrogen and oxygen atoms in total. The van der Waals surface area contributed by atoms with Crippen molar-refractivity contribution < 1.29 is 17.9 Å². The van der Waals surface area contributed by atoms with Gasteiger partial charge in [0.1, 0.15) is 22.1 Å². The number of hydrogen-bond donors (Lipinski definition) is 2. The van der Waals surface area contributed by atoms with E-state index in [-0.39, 0.29) is 10.6 Å². The molecule has 2 aromatic carbocycles. The average molecular weight is 308 g/mol. The Morgan fingerprint density at radius 1 is 1.05 bits per heavy atom. The Morgan fingerprint density at radius 3 is 2.24 bits per heavy atom. The molecule has 0 aromatic heterocycles. The van der Waals surface area contributed by atoms with Gasteiger partial charge in [0.25, 0.3) is 0 Å². The zero-order valence-corrected chi connectivity index (χ0v) is 12.5. The summed E-state index contributed by atoms with van der Waals surface area (Å²) in [7, 11) is -0.772. The van der Waals surface area contributed by atoms with Crippen LogP contribution in [0.2, 0.25) is 0 Å². The van der Waals surface area contributed by atoms with E-state index in [4.69, 9.17) is 15.2 Å². The summed E-state index contributed by atoms with van der Waals surface area (Å²) in [4.78, 5) is -0.0131. The Balaban J connectivity index is 2.39. The molecule has 0 aliphatic rings. The van der Waals surface area contributed by atoms with E-state index in [0.29, 0.717) is 17.2 Å². The predicted molar refractivity (Wildman–Crippen MR) is 80.2 cm³/mol. The van der Waals surface area contributed by atoms with Crippen LogP contribution in [0.3, 0.4) is 0 Å². The summed E-state index contributed by atoms with van der Waals surface area (Å²) in [6, 6.07) is 11.3. The number of sulfonamides is 1. The Morgan fingerprint density at radius 2 is 1.67 bits per heavy atom. The van der Waals surface area contributed by atoms with Gasteiger partial charge in [-0.2, -0.15) is 0 Å². The number of ether oxygens (including phenoxy) is 2. The van der Waals surface area contributed by atoms with Gasteiger partial charge < -0.3 is 15.2 Å². The standard InChI is InChI=1S/C14H16N2O4S/c1-16-21(17,18)14-9-10(15)3-8-13(14)20-12-6-4-11(19-2)5-7-12/h3-9,16H,15H2,1-2H3. The fourth-order valence-electron chi connectivity index (χ4n) is 1.70. The normalized spacial score (nSPS) is 11.1. The van der Waals surface area contributed by atoms with E-state index in [1.54, 1.807) is 37.4 Å². The van der Waals surface area contributed by atoms with E-state index in [0.717, 1.165) is 0 Å². The third-order valence-electron chi connectivity index (χ3n) is 2.81. The molecule has 21 heavy (non-hydrogen) atoms. The highest BCUT2D eigenvalue weighted by atomic mass is 32.2. The van der Waals surface area contributed by atoms with E-state index in [2.05, 4.69) is 4.72 Å². The molecule has 0 bridgehead atoms. The van der Waals surface area contributed by atoms with E-state index in [9.17, 15) is 8.42 Å². The van der Waals surface area contributed by atoms with Gasteiger partial charge in [-0.05, 0) is 49.5 Å². The molecule has 0 fully saturated rings. The smallest absolute Gasteiger partial charge is 0.244 e. The Bertz CT molecular complexity index is 727. The van der Waals surface area contributed by atoms with Gasteiger partial charge in [-0.15, -0.1) is 0 Å². The van der Waals surface area contributed by atoms with E-state index >= 15 is 0 Å². The van der Waals surface area contributed by atoms with Crippen LogP contribution in [0.25, 0.3) is 0 Å². The molecule has 0 radical (unpaired) electrons. The van der Waals surface area contributed by atoms with Crippen LogP contribution >= 0.6 is 0 Å². The largest absolute Gasteiger partial charge is 0.497 e. The minimum absolute atomic E-state index is 0.0131. The number of rotatable bonds is 5.